The highest BCUT2D eigenvalue weighted by Crippen LogP contribution is 2.28. The number of carboxylic acid groups (broad SMARTS) is 2. The predicted octanol–water partition coefficient (Wildman–Crippen LogP) is 2.78. The van der Waals surface area contributed by atoms with E-state index in [9.17, 15) is 27.6 Å². The maximum absolute atomic E-state index is 14.5. The number of carboxylic acids is 2. The fourth-order valence-electron chi connectivity index (χ4n) is 2.68. The second-order valence-corrected chi connectivity index (χ2v) is 6.17. The molecule has 0 saturated heterocycles. The van der Waals surface area contributed by atoms with Crippen LogP contribution in [0.3, 0.4) is 0 Å². The van der Waals surface area contributed by atoms with Gasteiger partial charge in [-0.3, -0.25) is 9.59 Å². The van der Waals surface area contributed by atoms with Crippen LogP contribution in [0.1, 0.15) is 49.9 Å². The van der Waals surface area contributed by atoms with Crippen molar-refractivity contribution in [3.8, 4) is 0 Å². The Morgan fingerprint density at radius 1 is 1.07 bits per heavy atom. The van der Waals surface area contributed by atoms with Crippen LogP contribution in [0.25, 0.3) is 0 Å². The Balaban J connectivity index is 3.19. The molecular weight excluding hydrogens is 381 g/mol. The van der Waals surface area contributed by atoms with Crippen molar-refractivity contribution in [2.45, 2.75) is 45.6 Å². The molecule has 1 atom stereocenters. The Labute approximate surface area is 160 Å². The lowest BCUT2D eigenvalue weighted by Gasteiger charge is -2.25. The number of anilines is 1. The molecule has 10 heteroatoms. The number of nitrogens with zero attached hydrogens (tertiary/aromatic N) is 1. The minimum Gasteiger partial charge on any atom is -0.481 e. The van der Waals surface area contributed by atoms with E-state index in [1.807, 2.05) is 5.32 Å². The molecule has 28 heavy (non-hydrogen) atoms. The first kappa shape index (κ1) is 23.3. The molecule has 0 aliphatic carbocycles. The molecule has 0 fully saturated rings. The van der Waals surface area contributed by atoms with Gasteiger partial charge in [-0.05, 0) is 25.3 Å². The van der Waals surface area contributed by atoms with Gasteiger partial charge in [0.2, 0.25) is 0 Å². The molecule has 1 unspecified atom stereocenters. The Morgan fingerprint density at radius 3 is 2.11 bits per heavy atom. The van der Waals surface area contributed by atoms with Crippen molar-refractivity contribution < 1.29 is 37.8 Å². The summed E-state index contributed by atoms with van der Waals surface area (Å²) in [5.41, 5.74) is -1.58. The number of carbonyl (C=O) groups excluding carboxylic acids is 1. The van der Waals surface area contributed by atoms with Crippen LogP contribution in [0.15, 0.2) is 6.07 Å². The van der Waals surface area contributed by atoms with Crippen LogP contribution in [-0.4, -0.2) is 47.2 Å². The SMILES string of the molecule is CCCN(CCC)c1c(F)cc(C(=O)NC(CCC(=O)O)C(=O)O)c(F)c1F. The number of hydrogen-bond donors (Lipinski definition) is 3. The van der Waals surface area contributed by atoms with E-state index in [2.05, 4.69) is 0 Å². The Morgan fingerprint density at radius 2 is 1.64 bits per heavy atom. The van der Waals surface area contributed by atoms with E-state index >= 15 is 0 Å². The van der Waals surface area contributed by atoms with Gasteiger partial charge in [0.25, 0.3) is 5.91 Å². The molecule has 1 aromatic carbocycles. The van der Waals surface area contributed by atoms with E-state index in [1.54, 1.807) is 13.8 Å². The van der Waals surface area contributed by atoms with Crippen LogP contribution in [0.4, 0.5) is 18.9 Å². The van der Waals surface area contributed by atoms with Gasteiger partial charge < -0.3 is 20.4 Å². The summed E-state index contributed by atoms with van der Waals surface area (Å²) in [6.45, 7) is 4.14. The Hall–Kier alpha value is -2.78. The van der Waals surface area contributed by atoms with Gasteiger partial charge in [-0.1, -0.05) is 13.8 Å². The average Bonchev–Trinajstić information content (AvgIpc) is 2.61. The van der Waals surface area contributed by atoms with E-state index in [4.69, 9.17) is 10.2 Å². The standard InChI is InChI=1S/C18H23F3N2O5/c1-3-7-23(8-4-2)16-11(19)9-10(14(20)15(16)21)17(26)22-12(18(27)28)5-6-13(24)25/h9,12H,3-8H2,1-2H3,(H,22,26)(H,24,25)(H,27,28). The molecule has 0 aliphatic heterocycles. The second-order valence-electron chi connectivity index (χ2n) is 6.17. The number of benzene rings is 1. The fraction of sp³-hybridized carbons (Fsp3) is 0.500. The van der Waals surface area contributed by atoms with E-state index in [0.717, 1.165) is 0 Å². The minimum absolute atomic E-state index is 0.281. The molecule has 0 aliphatic rings. The first-order valence-corrected chi connectivity index (χ1v) is 8.81. The highest BCUT2D eigenvalue weighted by atomic mass is 19.2. The molecule has 0 saturated carbocycles. The molecule has 1 aromatic rings. The number of carbonyl (C=O) groups is 3. The molecule has 0 aromatic heterocycles. The summed E-state index contributed by atoms with van der Waals surface area (Å²) in [4.78, 5) is 35.2. The topological polar surface area (TPSA) is 107 Å². The number of rotatable bonds is 11. The van der Waals surface area contributed by atoms with Crippen molar-refractivity contribution in [2.75, 3.05) is 18.0 Å². The van der Waals surface area contributed by atoms with Gasteiger partial charge >= 0.3 is 11.9 Å². The third kappa shape index (κ3) is 5.86. The zero-order valence-corrected chi connectivity index (χ0v) is 15.6. The zero-order chi connectivity index (χ0) is 21.4. The van der Waals surface area contributed by atoms with Gasteiger partial charge in [-0.15, -0.1) is 0 Å². The third-order valence-corrected chi connectivity index (χ3v) is 3.93. The zero-order valence-electron chi connectivity index (χ0n) is 15.6. The van der Waals surface area contributed by atoms with Crippen molar-refractivity contribution >= 4 is 23.5 Å². The van der Waals surface area contributed by atoms with Crippen LogP contribution < -0.4 is 10.2 Å². The summed E-state index contributed by atoms with van der Waals surface area (Å²) < 4.78 is 43.4. The van der Waals surface area contributed by atoms with Crippen molar-refractivity contribution in [3.05, 3.63) is 29.1 Å². The van der Waals surface area contributed by atoms with Gasteiger partial charge in [0.15, 0.2) is 17.5 Å². The summed E-state index contributed by atoms with van der Waals surface area (Å²) >= 11 is 0. The lowest BCUT2D eigenvalue weighted by atomic mass is 10.1. The van der Waals surface area contributed by atoms with Gasteiger partial charge in [0.1, 0.15) is 11.7 Å². The van der Waals surface area contributed by atoms with Gasteiger partial charge in [0, 0.05) is 19.5 Å². The Kier molecular flexibility index (Phi) is 8.75. The summed E-state index contributed by atoms with van der Waals surface area (Å²) in [6, 6.07) is -1.14. The molecule has 0 radical (unpaired) electrons. The van der Waals surface area contributed by atoms with E-state index in [1.165, 1.54) is 4.90 Å². The number of halogens is 3. The largest absolute Gasteiger partial charge is 0.481 e. The molecular formula is C18H23F3N2O5. The molecule has 1 amide bonds. The minimum atomic E-state index is -1.65. The Bertz CT molecular complexity index is 736. The summed E-state index contributed by atoms with van der Waals surface area (Å²) in [5.74, 6) is -8.48. The molecule has 3 N–H and O–H groups in total. The molecule has 0 spiro atoms. The number of aliphatic carboxylic acids is 2. The van der Waals surface area contributed by atoms with Gasteiger partial charge in [0.05, 0.1) is 5.56 Å². The normalized spacial score (nSPS) is 11.8. The number of hydrogen-bond acceptors (Lipinski definition) is 4. The molecule has 0 bridgehead atoms. The van der Waals surface area contributed by atoms with Crippen LogP contribution in [0.5, 0.6) is 0 Å². The summed E-state index contributed by atoms with van der Waals surface area (Å²) in [7, 11) is 0. The van der Waals surface area contributed by atoms with Crippen LogP contribution in [0, 0.1) is 17.5 Å². The lowest BCUT2D eigenvalue weighted by molar-refractivity contribution is -0.140. The van der Waals surface area contributed by atoms with Crippen LogP contribution >= 0.6 is 0 Å². The molecule has 156 valence electrons. The maximum atomic E-state index is 14.5. The first-order valence-electron chi connectivity index (χ1n) is 8.81. The van der Waals surface area contributed by atoms with E-state index in [-0.39, 0.29) is 13.1 Å². The van der Waals surface area contributed by atoms with Crippen molar-refractivity contribution in [3.63, 3.8) is 0 Å². The summed E-state index contributed by atoms with van der Waals surface area (Å²) in [5, 5.41) is 19.5. The third-order valence-electron chi connectivity index (χ3n) is 3.93. The lowest BCUT2D eigenvalue weighted by Crippen LogP contribution is -2.41. The van der Waals surface area contributed by atoms with Crippen molar-refractivity contribution in [2.24, 2.45) is 0 Å². The second kappa shape index (κ2) is 10.5. The first-order chi connectivity index (χ1) is 13.1. The molecule has 1 rings (SSSR count). The van der Waals surface area contributed by atoms with E-state index < -0.39 is 65.4 Å². The summed E-state index contributed by atoms with van der Waals surface area (Å²) in [6.07, 6.45) is 0.0887. The monoisotopic (exact) mass is 404 g/mol. The van der Waals surface area contributed by atoms with Gasteiger partial charge in [-0.25, -0.2) is 18.0 Å². The number of amides is 1. The molecule has 0 heterocycles. The van der Waals surface area contributed by atoms with E-state index in [0.29, 0.717) is 18.9 Å². The highest BCUT2D eigenvalue weighted by molar-refractivity contribution is 5.97. The smallest absolute Gasteiger partial charge is 0.326 e. The highest BCUT2D eigenvalue weighted by Gasteiger charge is 2.28. The van der Waals surface area contributed by atoms with Crippen LogP contribution in [0.2, 0.25) is 0 Å². The molecule has 7 nitrogen and oxygen atoms in total. The quantitative estimate of drug-likeness (QED) is 0.490. The van der Waals surface area contributed by atoms with Gasteiger partial charge in [-0.2, -0.15) is 0 Å². The number of nitrogens with one attached hydrogen (secondary N) is 1. The maximum Gasteiger partial charge on any atom is 0.326 e. The predicted molar refractivity (Wildman–Crippen MR) is 94.9 cm³/mol. The van der Waals surface area contributed by atoms with Crippen molar-refractivity contribution in [1.82, 2.24) is 5.32 Å². The average molecular weight is 404 g/mol. The van der Waals surface area contributed by atoms with Crippen LogP contribution in [-0.2, 0) is 9.59 Å². The van der Waals surface area contributed by atoms with Crippen molar-refractivity contribution in [1.29, 1.82) is 0 Å². The fourth-order valence-corrected chi connectivity index (χ4v) is 2.68.